The highest BCUT2D eigenvalue weighted by atomic mass is 79.9. The molecule has 1 heterocycles. The maximum atomic E-state index is 13.5. The summed E-state index contributed by atoms with van der Waals surface area (Å²) in [4.78, 5) is -0.0106. The Morgan fingerprint density at radius 1 is 1.48 bits per heavy atom. The van der Waals surface area contributed by atoms with E-state index in [1.54, 1.807) is 0 Å². The molecule has 0 aliphatic carbocycles. The number of hydrogen-bond donors (Lipinski definition) is 1. The molecule has 0 amide bonds. The van der Waals surface area contributed by atoms with Gasteiger partial charge in [0.25, 0.3) is 0 Å². The predicted octanol–water partition coefficient (Wildman–Crippen LogP) is 2.76. The first-order valence-electron chi connectivity index (χ1n) is 6.53. The highest BCUT2D eigenvalue weighted by Gasteiger charge is 2.31. The maximum absolute atomic E-state index is 13.5. The summed E-state index contributed by atoms with van der Waals surface area (Å²) in [6.45, 7) is 2.75. The Morgan fingerprint density at radius 2 is 2.14 bits per heavy atom. The van der Waals surface area contributed by atoms with Crippen LogP contribution in [0.2, 0.25) is 0 Å². The molecule has 4 nitrogen and oxygen atoms in total. The first kappa shape index (κ1) is 18.8. The average Bonchev–Trinajstić information content (AvgIpc) is 2.42. The lowest BCUT2D eigenvalue weighted by Crippen LogP contribution is -2.44. The van der Waals surface area contributed by atoms with Gasteiger partial charge in [-0.15, -0.1) is 12.4 Å². The van der Waals surface area contributed by atoms with Crippen LogP contribution in [0.25, 0.3) is 0 Å². The SMILES string of the molecule is CC(N)C1CCCN(S(=O)(=O)c2ccc(Br)c(F)c2)C1.Cl. The van der Waals surface area contributed by atoms with Gasteiger partial charge in [-0.1, -0.05) is 0 Å². The molecule has 120 valence electrons. The molecule has 0 spiro atoms. The summed E-state index contributed by atoms with van der Waals surface area (Å²) in [5.74, 6) is -0.425. The molecule has 0 radical (unpaired) electrons. The van der Waals surface area contributed by atoms with Crippen LogP contribution in [0, 0.1) is 11.7 Å². The molecule has 1 saturated heterocycles. The molecule has 21 heavy (non-hydrogen) atoms. The van der Waals surface area contributed by atoms with Crippen molar-refractivity contribution < 1.29 is 12.8 Å². The van der Waals surface area contributed by atoms with Crippen molar-refractivity contribution in [3.63, 3.8) is 0 Å². The molecule has 2 N–H and O–H groups in total. The van der Waals surface area contributed by atoms with Crippen LogP contribution in [0.15, 0.2) is 27.6 Å². The van der Waals surface area contributed by atoms with E-state index in [1.807, 2.05) is 6.92 Å². The zero-order valence-corrected chi connectivity index (χ0v) is 14.8. The van der Waals surface area contributed by atoms with E-state index in [4.69, 9.17) is 5.73 Å². The molecule has 1 aromatic rings. The molecule has 2 atom stereocenters. The zero-order valence-electron chi connectivity index (χ0n) is 11.6. The molecule has 1 aliphatic heterocycles. The largest absolute Gasteiger partial charge is 0.328 e. The number of sulfonamides is 1. The van der Waals surface area contributed by atoms with Crippen LogP contribution in [0.3, 0.4) is 0 Å². The van der Waals surface area contributed by atoms with Crippen LogP contribution in [-0.4, -0.2) is 31.9 Å². The molecule has 1 fully saturated rings. The highest BCUT2D eigenvalue weighted by molar-refractivity contribution is 9.10. The van der Waals surface area contributed by atoms with Crippen molar-refractivity contribution in [3.8, 4) is 0 Å². The second kappa shape index (κ2) is 7.37. The normalized spacial score (nSPS) is 21.6. The third kappa shape index (κ3) is 4.16. The molecular weight excluding hydrogens is 383 g/mol. The van der Waals surface area contributed by atoms with Crippen molar-refractivity contribution in [2.45, 2.75) is 30.7 Å². The summed E-state index contributed by atoms with van der Waals surface area (Å²) < 4.78 is 40.2. The van der Waals surface area contributed by atoms with Crippen molar-refractivity contribution >= 4 is 38.4 Å². The number of benzene rings is 1. The zero-order chi connectivity index (χ0) is 14.9. The summed E-state index contributed by atoms with van der Waals surface area (Å²) in [5, 5.41) is 0. The Hall–Kier alpha value is -0.210. The van der Waals surface area contributed by atoms with Crippen LogP contribution in [0.1, 0.15) is 19.8 Å². The lowest BCUT2D eigenvalue weighted by molar-refractivity contribution is 0.243. The lowest BCUT2D eigenvalue weighted by Gasteiger charge is -2.33. The number of rotatable bonds is 3. The Bertz CT molecular complexity index is 598. The van der Waals surface area contributed by atoms with Crippen LogP contribution in [0.4, 0.5) is 4.39 Å². The molecule has 8 heteroatoms. The summed E-state index contributed by atoms with van der Waals surface area (Å²) in [6.07, 6.45) is 1.71. The van der Waals surface area contributed by atoms with E-state index in [9.17, 15) is 12.8 Å². The number of halogens is 3. The maximum Gasteiger partial charge on any atom is 0.243 e. The van der Waals surface area contributed by atoms with Gasteiger partial charge in [0.2, 0.25) is 10.0 Å². The summed E-state index contributed by atoms with van der Waals surface area (Å²) in [7, 11) is -3.65. The van der Waals surface area contributed by atoms with Gasteiger partial charge in [-0.05, 0) is 59.8 Å². The van der Waals surface area contributed by atoms with Crippen LogP contribution >= 0.6 is 28.3 Å². The lowest BCUT2D eigenvalue weighted by atomic mass is 9.93. The van der Waals surface area contributed by atoms with Crippen molar-refractivity contribution in [2.75, 3.05) is 13.1 Å². The van der Waals surface area contributed by atoms with E-state index in [1.165, 1.54) is 16.4 Å². The quantitative estimate of drug-likeness (QED) is 0.847. The van der Waals surface area contributed by atoms with Crippen molar-refractivity contribution in [1.29, 1.82) is 0 Å². The minimum absolute atomic E-state index is 0. The Morgan fingerprint density at radius 3 is 2.71 bits per heavy atom. The number of piperidine rings is 1. The van der Waals surface area contributed by atoms with E-state index in [0.29, 0.717) is 13.1 Å². The van der Waals surface area contributed by atoms with Crippen LogP contribution in [0.5, 0.6) is 0 Å². The number of nitrogens with zero attached hydrogens (tertiary/aromatic N) is 1. The monoisotopic (exact) mass is 400 g/mol. The second-order valence-electron chi connectivity index (χ2n) is 5.20. The van der Waals surface area contributed by atoms with E-state index in [-0.39, 0.29) is 33.7 Å². The predicted molar refractivity (Wildman–Crippen MR) is 86.5 cm³/mol. The fraction of sp³-hybridized carbons (Fsp3) is 0.538. The van der Waals surface area contributed by atoms with Crippen molar-refractivity contribution in [1.82, 2.24) is 4.31 Å². The van der Waals surface area contributed by atoms with Gasteiger partial charge >= 0.3 is 0 Å². The van der Waals surface area contributed by atoms with Gasteiger partial charge in [0.15, 0.2) is 0 Å². The fourth-order valence-electron chi connectivity index (χ4n) is 2.41. The van der Waals surface area contributed by atoms with Crippen LogP contribution in [-0.2, 0) is 10.0 Å². The molecule has 0 aromatic heterocycles. The smallest absolute Gasteiger partial charge is 0.243 e. The second-order valence-corrected chi connectivity index (χ2v) is 7.99. The van der Waals surface area contributed by atoms with Gasteiger partial charge in [-0.3, -0.25) is 0 Å². The van der Waals surface area contributed by atoms with Gasteiger partial charge < -0.3 is 5.73 Å². The molecule has 0 bridgehead atoms. The third-order valence-electron chi connectivity index (χ3n) is 3.69. The molecular formula is C13H19BrClFN2O2S. The first-order chi connectivity index (χ1) is 9.32. The van der Waals surface area contributed by atoms with Crippen LogP contribution < -0.4 is 5.73 Å². The minimum atomic E-state index is -3.65. The standard InChI is InChI=1S/C13H18BrFN2O2S.ClH/c1-9(16)10-3-2-6-17(8-10)20(18,19)11-4-5-12(14)13(15)7-11;/h4-5,7,9-10H,2-3,6,8,16H2,1H3;1H. The average molecular weight is 402 g/mol. The summed E-state index contributed by atoms with van der Waals surface area (Å²) in [5.41, 5.74) is 5.87. The third-order valence-corrected chi connectivity index (χ3v) is 6.20. The highest BCUT2D eigenvalue weighted by Crippen LogP contribution is 2.27. The molecule has 1 aromatic carbocycles. The summed E-state index contributed by atoms with van der Waals surface area (Å²) in [6, 6.07) is 3.83. The number of hydrogen-bond acceptors (Lipinski definition) is 3. The summed E-state index contributed by atoms with van der Waals surface area (Å²) >= 11 is 3.02. The van der Waals surface area contributed by atoms with E-state index < -0.39 is 15.8 Å². The van der Waals surface area contributed by atoms with Gasteiger partial charge in [0.05, 0.1) is 9.37 Å². The molecule has 2 rings (SSSR count). The van der Waals surface area contributed by atoms with Crippen molar-refractivity contribution in [3.05, 3.63) is 28.5 Å². The van der Waals surface area contributed by atoms with Gasteiger partial charge in [-0.25, -0.2) is 12.8 Å². The van der Waals surface area contributed by atoms with E-state index in [2.05, 4.69) is 15.9 Å². The minimum Gasteiger partial charge on any atom is -0.328 e. The fourth-order valence-corrected chi connectivity index (χ4v) is 4.20. The Kier molecular flexibility index (Phi) is 6.61. The van der Waals surface area contributed by atoms with E-state index in [0.717, 1.165) is 18.9 Å². The Balaban J connectivity index is 0.00000220. The molecule has 0 saturated carbocycles. The molecule has 2 unspecified atom stereocenters. The Labute approximate surface area is 139 Å². The van der Waals surface area contributed by atoms with E-state index >= 15 is 0 Å². The van der Waals surface area contributed by atoms with Gasteiger partial charge in [0, 0.05) is 19.1 Å². The first-order valence-corrected chi connectivity index (χ1v) is 8.76. The topological polar surface area (TPSA) is 63.4 Å². The molecule has 1 aliphatic rings. The number of nitrogens with two attached hydrogens (primary N) is 1. The van der Waals surface area contributed by atoms with Gasteiger partial charge in [0.1, 0.15) is 5.82 Å². The van der Waals surface area contributed by atoms with Crippen molar-refractivity contribution in [2.24, 2.45) is 11.7 Å². The van der Waals surface area contributed by atoms with Gasteiger partial charge in [-0.2, -0.15) is 4.31 Å².